The van der Waals surface area contributed by atoms with Crippen molar-refractivity contribution in [3.63, 3.8) is 0 Å². The molecule has 0 aliphatic carbocycles. The molecule has 0 saturated carbocycles. The van der Waals surface area contributed by atoms with Gasteiger partial charge in [-0.3, -0.25) is 9.36 Å². The molecule has 5 aromatic rings. The van der Waals surface area contributed by atoms with Crippen LogP contribution in [0.25, 0.3) is 27.5 Å². The van der Waals surface area contributed by atoms with E-state index in [1.54, 1.807) is 21.4 Å². The minimum absolute atomic E-state index is 0.0765. The zero-order valence-electron chi connectivity index (χ0n) is 16.8. The van der Waals surface area contributed by atoms with Gasteiger partial charge in [0.25, 0.3) is 5.56 Å². The molecule has 0 aliphatic rings. The highest BCUT2D eigenvalue weighted by Gasteiger charge is 2.18. The van der Waals surface area contributed by atoms with Gasteiger partial charge in [-0.1, -0.05) is 30.3 Å². The molecule has 0 aliphatic heterocycles. The van der Waals surface area contributed by atoms with Crippen molar-refractivity contribution in [2.45, 2.75) is 20.4 Å². The third kappa shape index (κ3) is 3.21. The minimum atomic E-state index is -0.529. The number of rotatable bonds is 3. The average molecular weight is 525 g/mol. The number of aromatic nitrogens is 5. The molecule has 6 nitrogen and oxygen atoms in total. The van der Waals surface area contributed by atoms with Crippen LogP contribution in [0.3, 0.4) is 0 Å². The van der Waals surface area contributed by atoms with Crippen molar-refractivity contribution < 1.29 is 4.39 Å². The van der Waals surface area contributed by atoms with Gasteiger partial charge in [0.05, 0.1) is 28.7 Å². The highest BCUT2D eigenvalue weighted by Crippen LogP contribution is 2.24. The molecule has 5 rings (SSSR count). The Hall–Kier alpha value is -3.14. The number of para-hydroxylation sites is 1. The van der Waals surface area contributed by atoms with Crippen LogP contribution in [0.2, 0.25) is 0 Å². The highest BCUT2D eigenvalue weighted by atomic mass is 127. The second kappa shape index (κ2) is 7.52. The molecule has 0 saturated heterocycles. The van der Waals surface area contributed by atoms with Crippen molar-refractivity contribution in [3.05, 3.63) is 91.7 Å². The molecule has 0 unspecified atom stereocenters. The van der Waals surface area contributed by atoms with Gasteiger partial charge in [-0.25, -0.2) is 19.0 Å². The van der Waals surface area contributed by atoms with Crippen LogP contribution in [0.4, 0.5) is 4.39 Å². The number of fused-ring (bicyclic) bond motifs is 2. The summed E-state index contributed by atoms with van der Waals surface area (Å²) < 4.78 is 18.7. The molecule has 8 heteroatoms. The molecule has 0 bridgehead atoms. The van der Waals surface area contributed by atoms with Gasteiger partial charge >= 0.3 is 0 Å². The maximum Gasteiger partial charge on any atom is 0.266 e. The summed E-state index contributed by atoms with van der Waals surface area (Å²) in [6.07, 6.45) is 1.51. The van der Waals surface area contributed by atoms with Crippen molar-refractivity contribution in [2.24, 2.45) is 0 Å². The number of pyridine rings is 1. The molecule has 0 radical (unpaired) electrons. The fourth-order valence-electron chi connectivity index (χ4n) is 3.93. The number of halogens is 2. The SMILES string of the molecule is Cc1ccccc1-n1c(Cn2nc(I)c3c(C)ncnc32)cc2cccc(F)c2c1=O. The van der Waals surface area contributed by atoms with E-state index in [1.807, 2.05) is 44.2 Å². The number of hydrogen-bond donors (Lipinski definition) is 0. The highest BCUT2D eigenvalue weighted by molar-refractivity contribution is 14.1. The van der Waals surface area contributed by atoms with Gasteiger partial charge < -0.3 is 0 Å². The lowest BCUT2D eigenvalue weighted by atomic mass is 10.1. The first kappa shape index (κ1) is 19.8. The first-order valence-corrected chi connectivity index (χ1v) is 10.8. The second-order valence-electron chi connectivity index (χ2n) is 7.37. The lowest BCUT2D eigenvalue weighted by molar-refractivity contribution is 0.635. The maximum absolute atomic E-state index is 14.6. The summed E-state index contributed by atoms with van der Waals surface area (Å²) >= 11 is 2.17. The molecule has 0 amide bonds. The van der Waals surface area contributed by atoms with Crippen molar-refractivity contribution in [1.82, 2.24) is 24.3 Å². The number of hydrogen-bond acceptors (Lipinski definition) is 4. The Morgan fingerprint density at radius 3 is 2.65 bits per heavy atom. The van der Waals surface area contributed by atoms with E-state index in [0.717, 1.165) is 20.3 Å². The van der Waals surface area contributed by atoms with E-state index in [1.165, 1.54) is 12.4 Å². The summed E-state index contributed by atoms with van der Waals surface area (Å²) in [5, 5.41) is 6.16. The lowest BCUT2D eigenvalue weighted by Crippen LogP contribution is -2.25. The van der Waals surface area contributed by atoms with Crippen molar-refractivity contribution in [2.75, 3.05) is 0 Å². The van der Waals surface area contributed by atoms with Crippen LogP contribution in [0.5, 0.6) is 0 Å². The number of aryl methyl sites for hydroxylation is 2. The largest absolute Gasteiger partial charge is 0.278 e. The summed E-state index contributed by atoms with van der Waals surface area (Å²) in [4.78, 5) is 22.2. The Kier molecular flexibility index (Phi) is 4.81. The Balaban J connectivity index is 1.82. The fourth-order valence-corrected chi connectivity index (χ4v) is 4.83. The maximum atomic E-state index is 14.6. The summed E-state index contributed by atoms with van der Waals surface area (Å²) in [5.74, 6) is -0.529. The third-order valence-electron chi connectivity index (χ3n) is 5.42. The van der Waals surface area contributed by atoms with E-state index in [-0.39, 0.29) is 5.39 Å². The van der Waals surface area contributed by atoms with Crippen molar-refractivity contribution >= 4 is 44.4 Å². The monoisotopic (exact) mass is 525 g/mol. The standard InChI is InChI=1S/C23H17FIN5O/c1-13-6-3-4-9-18(13)30-16(10-15-7-5-8-17(24)20(15)23(30)31)11-29-22-19(21(25)28-29)14(2)26-12-27-22/h3-10,12H,11H2,1-2H3. The summed E-state index contributed by atoms with van der Waals surface area (Å²) in [5.41, 5.74) is 3.47. The normalized spacial score (nSPS) is 11.5. The predicted octanol–water partition coefficient (Wildman–Crippen LogP) is 4.54. The second-order valence-corrected chi connectivity index (χ2v) is 8.39. The molecule has 0 atom stereocenters. The zero-order valence-corrected chi connectivity index (χ0v) is 19.0. The first-order chi connectivity index (χ1) is 15.0. The zero-order chi connectivity index (χ0) is 21.7. The van der Waals surface area contributed by atoms with Gasteiger partial charge in [-0.05, 0) is 65.6 Å². The smallest absolute Gasteiger partial charge is 0.266 e. The summed E-state index contributed by atoms with van der Waals surface area (Å²) in [6, 6.07) is 14.1. The van der Waals surface area contributed by atoms with Gasteiger partial charge in [-0.15, -0.1) is 0 Å². The van der Waals surface area contributed by atoms with E-state index in [2.05, 4.69) is 37.7 Å². The van der Waals surface area contributed by atoms with Crippen molar-refractivity contribution in [3.8, 4) is 5.69 Å². The molecule has 0 N–H and O–H groups in total. The Bertz CT molecular complexity index is 1540. The number of nitrogens with zero attached hydrogens (tertiary/aromatic N) is 5. The van der Waals surface area contributed by atoms with E-state index in [0.29, 0.717) is 29.0 Å². The van der Waals surface area contributed by atoms with Crippen LogP contribution in [-0.2, 0) is 6.54 Å². The van der Waals surface area contributed by atoms with Gasteiger partial charge in [0.2, 0.25) is 0 Å². The predicted molar refractivity (Wildman–Crippen MR) is 126 cm³/mol. The fraction of sp³-hybridized carbons (Fsp3) is 0.130. The van der Waals surface area contributed by atoms with Crippen LogP contribution in [-0.4, -0.2) is 24.3 Å². The van der Waals surface area contributed by atoms with Crippen LogP contribution < -0.4 is 5.56 Å². The van der Waals surface area contributed by atoms with E-state index < -0.39 is 11.4 Å². The lowest BCUT2D eigenvalue weighted by Gasteiger charge is -2.17. The topological polar surface area (TPSA) is 65.6 Å². The van der Waals surface area contributed by atoms with Gasteiger partial charge in [-0.2, -0.15) is 5.10 Å². The Labute approximate surface area is 190 Å². The van der Waals surface area contributed by atoms with E-state index in [9.17, 15) is 9.18 Å². The molecular formula is C23H17FIN5O. The summed E-state index contributed by atoms with van der Waals surface area (Å²) in [7, 11) is 0. The van der Waals surface area contributed by atoms with Crippen LogP contribution in [0.1, 0.15) is 17.0 Å². The third-order valence-corrected chi connectivity index (χ3v) is 6.17. The molecule has 3 heterocycles. The molecular weight excluding hydrogens is 508 g/mol. The van der Waals surface area contributed by atoms with Gasteiger partial charge in [0, 0.05) is 5.69 Å². The molecule has 3 aromatic heterocycles. The molecule has 2 aromatic carbocycles. The van der Waals surface area contributed by atoms with Crippen LogP contribution >= 0.6 is 22.6 Å². The Morgan fingerprint density at radius 2 is 1.84 bits per heavy atom. The molecule has 31 heavy (non-hydrogen) atoms. The molecule has 154 valence electrons. The molecule has 0 spiro atoms. The van der Waals surface area contributed by atoms with Gasteiger partial charge in [0.15, 0.2) is 5.65 Å². The first-order valence-electron chi connectivity index (χ1n) is 9.68. The number of benzene rings is 2. The molecule has 0 fully saturated rings. The average Bonchev–Trinajstić information content (AvgIpc) is 3.05. The van der Waals surface area contributed by atoms with Crippen molar-refractivity contribution in [1.29, 1.82) is 0 Å². The van der Waals surface area contributed by atoms with Crippen LogP contribution in [0.15, 0.2) is 59.7 Å². The van der Waals surface area contributed by atoms with Crippen LogP contribution in [0, 0.1) is 23.4 Å². The van der Waals surface area contributed by atoms with E-state index >= 15 is 0 Å². The Morgan fingerprint density at radius 1 is 1.03 bits per heavy atom. The quantitative estimate of drug-likeness (QED) is 0.325. The summed E-state index contributed by atoms with van der Waals surface area (Å²) in [6.45, 7) is 4.15. The van der Waals surface area contributed by atoms with E-state index in [4.69, 9.17) is 0 Å². The van der Waals surface area contributed by atoms with Gasteiger partial charge in [0.1, 0.15) is 15.8 Å². The minimum Gasteiger partial charge on any atom is -0.278 e.